The monoisotopic (exact) mass is 507 g/mol. The summed E-state index contributed by atoms with van der Waals surface area (Å²) < 4.78 is 35.2. The van der Waals surface area contributed by atoms with E-state index in [1.165, 1.54) is 29.2 Å². The Balaban J connectivity index is 1.07. The molecule has 10 heteroatoms. The minimum atomic E-state index is -3.55. The van der Waals surface area contributed by atoms with Crippen LogP contribution < -0.4 is 15.0 Å². The molecule has 5 rings (SSSR count). The average Bonchev–Trinajstić information content (AvgIpc) is 2.90. The van der Waals surface area contributed by atoms with Crippen LogP contribution in [-0.4, -0.2) is 59.2 Å². The fraction of sp³-hybridized carbons (Fsp3) is 0.333. The van der Waals surface area contributed by atoms with Gasteiger partial charge in [0.05, 0.1) is 5.92 Å². The lowest BCUT2D eigenvalue weighted by atomic mass is 9.99. The van der Waals surface area contributed by atoms with E-state index in [0.29, 0.717) is 37.4 Å². The van der Waals surface area contributed by atoms with Crippen molar-refractivity contribution in [3.63, 3.8) is 0 Å². The zero-order valence-corrected chi connectivity index (χ0v) is 20.1. The highest BCUT2D eigenvalue weighted by molar-refractivity contribution is 5.94. The highest BCUT2D eigenvalue weighted by Gasteiger charge is 2.44. The molecule has 1 N–H and O–H groups in total. The minimum absolute atomic E-state index is 0.0573. The van der Waals surface area contributed by atoms with Gasteiger partial charge in [0.25, 0.3) is 5.91 Å². The quantitative estimate of drug-likeness (QED) is 0.525. The minimum Gasteiger partial charge on any atom is -0.490 e. The average molecular weight is 508 g/mol. The van der Waals surface area contributed by atoms with Crippen LogP contribution in [0.2, 0.25) is 0 Å². The first-order valence-corrected chi connectivity index (χ1v) is 12.2. The van der Waals surface area contributed by atoms with Crippen molar-refractivity contribution < 1.29 is 23.1 Å². The first-order valence-electron chi connectivity index (χ1n) is 12.2. The third-order valence-electron chi connectivity index (χ3n) is 6.69. The second kappa shape index (κ2) is 10.5. The van der Waals surface area contributed by atoms with Crippen molar-refractivity contribution in [2.75, 3.05) is 36.4 Å². The summed E-state index contributed by atoms with van der Waals surface area (Å²) in [5, 5.41) is 10.8. The van der Waals surface area contributed by atoms with Crippen LogP contribution in [0.15, 0.2) is 72.9 Å². The van der Waals surface area contributed by atoms with Crippen LogP contribution in [0.25, 0.3) is 0 Å². The van der Waals surface area contributed by atoms with Crippen molar-refractivity contribution >= 4 is 23.3 Å². The number of piperidine rings is 1. The number of alkyl halides is 2. The summed E-state index contributed by atoms with van der Waals surface area (Å²) in [4.78, 5) is 28.2. The maximum absolute atomic E-state index is 14.6. The predicted octanol–water partition coefficient (Wildman–Crippen LogP) is 3.71. The zero-order chi connectivity index (χ0) is 25.8. The highest BCUT2D eigenvalue weighted by Crippen LogP contribution is 2.32. The second-order valence-corrected chi connectivity index (χ2v) is 9.25. The lowest BCUT2D eigenvalue weighted by Crippen LogP contribution is -2.52. The van der Waals surface area contributed by atoms with Gasteiger partial charge < -0.3 is 19.9 Å². The number of hydrogen-bond donors (Lipinski definition) is 1. The van der Waals surface area contributed by atoms with Gasteiger partial charge in [-0.2, -0.15) is 13.9 Å². The summed E-state index contributed by atoms with van der Waals surface area (Å²) in [6.45, 7) is 1.58. The van der Waals surface area contributed by atoms with Gasteiger partial charge in [0.2, 0.25) is 5.91 Å². The number of carbonyl (C=O) groups is 2. The number of carbonyl (C=O) groups excluding carboxylic acids is 2. The molecular formula is C27H27F2N5O3. The van der Waals surface area contributed by atoms with Gasteiger partial charge in [0.1, 0.15) is 11.9 Å². The maximum Gasteiger partial charge on any atom is 0.349 e. The Morgan fingerprint density at radius 3 is 2.30 bits per heavy atom. The molecule has 8 nitrogen and oxygen atoms in total. The van der Waals surface area contributed by atoms with Crippen LogP contribution in [-0.2, 0) is 15.5 Å². The van der Waals surface area contributed by atoms with Gasteiger partial charge in [-0.15, -0.1) is 5.10 Å². The Hall–Kier alpha value is -4.08. The lowest BCUT2D eigenvalue weighted by molar-refractivity contribution is -0.160. The molecule has 0 spiro atoms. The van der Waals surface area contributed by atoms with Crippen LogP contribution in [0, 0.1) is 5.92 Å². The second-order valence-electron chi connectivity index (χ2n) is 9.25. The first-order chi connectivity index (χ1) is 17.9. The number of hydrogen-bond acceptors (Lipinski definition) is 6. The van der Waals surface area contributed by atoms with Gasteiger partial charge in [0.15, 0.2) is 5.82 Å². The third kappa shape index (κ3) is 5.52. The lowest BCUT2D eigenvalue weighted by Gasteiger charge is -2.38. The number of likely N-dealkylation sites (tertiary alicyclic amines) is 1. The van der Waals surface area contributed by atoms with E-state index in [0.717, 1.165) is 5.82 Å². The number of rotatable bonds is 7. The van der Waals surface area contributed by atoms with Gasteiger partial charge in [0, 0.05) is 56.5 Å². The number of aromatic nitrogens is 2. The summed E-state index contributed by atoms with van der Waals surface area (Å²) in [5.41, 5.74) is 0.365. The predicted molar refractivity (Wildman–Crippen MR) is 133 cm³/mol. The Morgan fingerprint density at radius 2 is 1.65 bits per heavy atom. The van der Waals surface area contributed by atoms with Gasteiger partial charge in [-0.05, 0) is 36.4 Å². The van der Waals surface area contributed by atoms with Gasteiger partial charge in [-0.1, -0.05) is 30.3 Å². The molecule has 3 heterocycles. The summed E-state index contributed by atoms with van der Waals surface area (Å²) in [5.74, 6) is -3.53. The molecule has 0 radical (unpaired) electrons. The third-order valence-corrected chi connectivity index (χ3v) is 6.69. The fourth-order valence-electron chi connectivity index (χ4n) is 4.49. The number of halogens is 2. The number of nitrogens with zero attached hydrogens (tertiary/aromatic N) is 4. The van der Waals surface area contributed by atoms with E-state index in [1.807, 2.05) is 17.0 Å². The van der Waals surface area contributed by atoms with Crippen molar-refractivity contribution in [1.29, 1.82) is 0 Å². The molecule has 2 aliphatic rings. The van der Waals surface area contributed by atoms with Crippen LogP contribution in [0.4, 0.5) is 20.3 Å². The largest absolute Gasteiger partial charge is 0.490 e. The summed E-state index contributed by atoms with van der Waals surface area (Å²) in [7, 11) is 0. The molecule has 3 aromatic rings. The molecular weight excluding hydrogens is 480 g/mol. The molecule has 0 bridgehead atoms. The zero-order valence-electron chi connectivity index (χ0n) is 20.1. The SMILES string of the molecule is O=C(Nc1ccc(OC2CCN(C(=O)C(F)(F)c3ccccc3)CC2)cc1)C1CN(c2cccnn2)C1. The number of anilines is 2. The standard InChI is InChI=1S/C27H27F2N5O3/c28-27(29,20-5-2-1-3-6-20)26(36)33-15-12-23(13-16-33)37-22-10-8-21(9-11-22)31-25(35)19-17-34(18-19)24-7-4-14-30-32-24/h1-11,14,19,23H,12-13,15-18H2,(H,31,35). The van der Waals surface area contributed by atoms with Crippen molar-refractivity contribution in [2.24, 2.45) is 5.92 Å². The van der Waals surface area contributed by atoms with Crippen LogP contribution in [0.1, 0.15) is 18.4 Å². The molecule has 2 saturated heterocycles. The van der Waals surface area contributed by atoms with Crippen molar-refractivity contribution in [3.8, 4) is 5.75 Å². The highest BCUT2D eigenvalue weighted by atomic mass is 19.3. The molecule has 2 fully saturated rings. The fourth-order valence-corrected chi connectivity index (χ4v) is 4.49. The molecule has 0 aliphatic carbocycles. The Bertz CT molecular complexity index is 1210. The van der Waals surface area contributed by atoms with E-state index in [9.17, 15) is 18.4 Å². The summed E-state index contributed by atoms with van der Waals surface area (Å²) in [6, 6.07) is 17.9. The molecule has 0 atom stereocenters. The van der Waals surface area contributed by atoms with Crippen molar-refractivity contribution in [3.05, 3.63) is 78.5 Å². The Kier molecular flexibility index (Phi) is 6.98. The van der Waals surface area contributed by atoms with Crippen LogP contribution in [0.5, 0.6) is 5.75 Å². The molecule has 192 valence electrons. The van der Waals surface area contributed by atoms with E-state index < -0.39 is 11.8 Å². The van der Waals surface area contributed by atoms with E-state index in [2.05, 4.69) is 15.5 Å². The van der Waals surface area contributed by atoms with E-state index in [4.69, 9.17) is 4.74 Å². The molecule has 0 unspecified atom stereocenters. The van der Waals surface area contributed by atoms with E-state index in [1.54, 1.807) is 36.5 Å². The van der Waals surface area contributed by atoms with Gasteiger partial charge in [-0.3, -0.25) is 9.59 Å². The molecule has 37 heavy (non-hydrogen) atoms. The number of benzene rings is 2. The molecule has 2 aromatic carbocycles. The summed E-state index contributed by atoms with van der Waals surface area (Å²) >= 11 is 0. The normalized spacial score (nSPS) is 16.7. The van der Waals surface area contributed by atoms with E-state index >= 15 is 0 Å². The first kappa shape index (κ1) is 24.6. The molecule has 2 aliphatic heterocycles. The van der Waals surface area contributed by atoms with Crippen LogP contribution >= 0.6 is 0 Å². The maximum atomic E-state index is 14.6. The smallest absolute Gasteiger partial charge is 0.349 e. The van der Waals surface area contributed by atoms with E-state index in [-0.39, 0.29) is 36.6 Å². The van der Waals surface area contributed by atoms with Crippen molar-refractivity contribution in [1.82, 2.24) is 15.1 Å². The van der Waals surface area contributed by atoms with Gasteiger partial charge >= 0.3 is 5.92 Å². The van der Waals surface area contributed by atoms with Crippen LogP contribution in [0.3, 0.4) is 0 Å². The number of amides is 2. The summed E-state index contributed by atoms with van der Waals surface area (Å²) in [6.07, 6.45) is 2.34. The number of nitrogens with one attached hydrogen (secondary N) is 1. The molecule has 1 aromatic heterocycles. The number of ether oxygens (including phenoxy) is 1. The van der Waals surface area contributed by atoms with Crippen molar-refractivity contribution in [2.45, 2.75) is 24.9 Å². The van der Waals surface area contributed by atoms with Gasteiger partial charge in [-0.25, -0.2) is 0 Å². The molecule has 0 saturated carbocycles. The Labute approximate surface area is 213 Å². The molecule has 2 amide bonds. The topological polar surface area (TPSA) is 87.7 Å². The Morgan fingerprint density at radius 1 is 0.946 bits per heavy atom.